The van der Waals surface area contributed by atoms with E-state index < -0.39 is 11.6 Å². The van der Waals surface area contributed by atoms with Crippen molar-refractivity contribution in [2.45, 2.75) is 18.0 Å². The van der Waals surface area contributed by atoms with Crippen LogP contribution in [-0.4, -0.2) is 22.7 Å². The highest BCUT2D eigenvalue weighted by molar-refractivity contribution is 7.97. The number of carbonyl (C=O) groups excluding carboxylic acids is 1. The number of pyridine rings is 1. The van der Waals surface area contributed by atoms with Gasteiger partial charge in [0.15, 0.2) is 0 Å². The molecule has 0 saturated heterocycles. The van der Waals surface area contributed by atoms with Crippen LogP contribution in [0.25, 0.3) is 10.9 Å². The van der Waals surface area contributed by atoms with Gasteiger partial charge in [-0.05, 0) is 47.8 Å². The number of carbonyl (C=O) groups is 1. The molecule has 0 aliphatic heterocycles. The van der Waals surface area contributed by atoms with Crippen LogP contribution in [0.5, 0.6) is 0 Å². The van der Waals surface area contributed by atoms with E-state index in [1.807, 2.05) is 48.5 Å². The number of aromatic amines is 1. The number of H-pyrrole nitrogens is 1. The molecule has 0 radical (unpaired) electrons. The van der Waals surface area contributed by atoms with E-state index in [0.717, 1.165) is 10.3 Å². The van der Waals surface area contributed by atoms with Gasteiger partial charge in [-0.3, -0.25) is 13.9 Å². The lowest BCUT2D eigenvalue weighted by atomic mass is 10.1. The van der Waals surface area contributed by atoms with Gasteiger partial charge in [0.25, 0.3) is 0 Å². The van der Waals surface area contributed by atoms with Gasteiger partial charge in [-0.25, -0.2) is 8.78 Å². The molecule has 0 saturated carbocycles. The summed E-state index contributed by atoms with van der Waals surface area (Å²) in [5.41, 5.74) is 1.86. The Bertz CT molecular complexity index is 1340. The molecule has 0 spiro atoms. The second-order valence-electron chi connectivity index (χ2n) is 7.50. The summed E-state index contributed by atoms with van der Waals surface area (Å²) in [6, 6.07) is 20.0. The predicted molar refractivity (Wildman–Crippen MR) is 127 cm³/mol. The Morgan fingerprint density at radius 2 is 1.64 bits per heavy atom. The maximum absolute atomic E-state index is 14.1. The molecule has 1 aromatic heterocycles. The van der Waals surface area contributed by atoms with Crippen LogP contribution in [0, 0.1) is 11.6 Å². The van der Waals surface area contributed by atoms with Gasteiger partial charge in [0.2, 0.25) is 12.0 Å². The molecule has 33 heavy (non-hydrogen) atoms. The molecule has 3 aromatic carbocycles. The average molecular weight is 466 g/mol. The number of benzene rings is 3. The minimum Gasteiger partial charge on any atom is -0.369 e. The van der Waals surface area contributed by atoms with Crippen molar-refractivity contribution in [1.29, 1.82) is 0 Å². The van der Waals surface area contributed by atoms with Gasteiger partial charge in [0.05, 0.1) is 17.1 Å². The Morgan fingerprint density at radius 3 is 2.39 bits per heavy atom. The number of halogens is 2. The molecule has 4 rings (SSSR count). The molecular weight excluding hydrogens is 444 g/mol. The lowest BCUT2D eigenvalue weighted by molar-refractivity contribution is -0.114. The fraction of sp³-hybridized carbons (Fsp3) is 0.120. The fourth-order valence-corrected chi connectivity index (χ4v) is 4.60. The predicted octanol–water partition coefficient (Wildman–Crippen LogP) is 5.11. The molecule has 1 heterocycles. The van der Waals surface area contributed by atoms with Crippen LogP contribution in [-0.2, 0) is 17.9 Å². The minimum absolute atomic E-state index is 0.0237. The van der Waals surface area contributed by atoms with Crippen LogP contribution in [0.4, 0.5) is 14.5 Å². The van der Waals surface area contributed by atoms with Crippen LogP contribution < -0.4 is 10.5 Å². The first-order valence-electron chi connectivity index (χ1n) is 10.2. The smallest absolute Gasteiger partial charge is 0.248 e. The maximum atomic E-state index is 14.1. The number of fused-ring (bicyclic) bond motifs is 1. The summed E-state index contributed by atoms with van der Waals surface area (Å²) in [4.78, 5) is 29.2. The molecular formula is C25H21F2N3O2S. The maximum Gasteiger partial charge on any atom is 0.248 e. The molecule has 8 heteroatoms. The number of rotatable bonds is 8. The number of amides is 1. The van der Waals surface area contributed by atoms with Gasteiger partial charge in [0.1, 0.15) is 11.6 Å². The number of para-hydroxylation sites is 2. The summed E-state index contributed by atoms with van der Waals surface area (Å²) in [5, 5.41) is 0.852. The Kier molecular flexibility index (Phi) is 6.74. The fourth-order valence-electron chi connectivity index (χ4n) is 3.65. The second kappa shape index (κ2) is 9.87. The van der Waals surface area contributed by atoms with Gasteiger partial charge in [0, 0.05) is 36.1 Å². The number of nitrogens with one attached hydrogen (secondary N) is 1. The Balaban J connectivity index is 1.59. The first kappa shape index (κ1) is 22.5. The first-order valence-corrected chi connectivity index (χ1v) is 11.0. The Hall–Kier alpha value is -3.65. The summed E-state index contributed by atoms with van der Waals surface area (Å²) in [6.07, 6.45) is 0.702. The monoisotopic (exact) mass is 465 g/mol. The third-order valence-corrected chi connectivity index (χ3v) is 6.22. The Morgan fingerprint density at radius 1 is 0.939 bits per heavy atom. The molecule has 1 amide bonds. The average Bonchev–Trinajstić information content (AvgIpc) is 2.81. The second-order valence-corrected chi connectivity index (χ2v) is 8.59. The molecule has 0 fully saturated rings. The molecule has 0 atom stereocenters. The summed E-state index contributed by atoms with van der Waals surface area (Å²) in [7, 11) is 1.74. The largest absolute Gasteiger partial charge is 0.369 e. The lowest BCUT2D eigenvalue weighted by Gasteiger charge is -2.25. The summed E-state index contributed by atoms with van der Waals surface area (Å²) >= 11 is 1.20. The van der Waals surface area contributed by atoms with Crippen molar-refractivity contribution in [2.75, 3.05) is 11.9 Å². The van der Waals surface area contributed by atoms with Crippen molar-refractivity contribution in [3.05, 3.63) is 106 Å². The van der Waals surface area contributed by atoms with Crippen molar-refractivity contribution >= 4 is 34.9 Å². The first-order chi connectivity index (χ1) is 16.0. The van der Waals surface area contributed by atoms with Crippen LogP contribution in [0.15, 0.2) is 82.5 Å². The molecule has 1 N–H and O–H groups in total. The van der Waals surface area contributed by atoms with Gasteiger partial charge < -0.3 is 9.88 Å². The minimum atomic E-state index is -0.609. The highest BCUT2D eigenvalue weighted by atomic mass is 32.2. The molecule has 0 aliphatic rings. The molecule has 0 aliphatic carbocycles. The number of aromatic nitrogens is 1. The van der Waals surface area contributed by atoms with Crippen LogP contribution in [0.2, 0.25) is 0 Å². The molecule has 168 valence electrons. The van der Waals surface area contributed by atoms with E-state index in [1.54, 1.807) is 11.9 Å². The highest BCUT2D eigenvalue weighted by Crippen LogP contribution is 2.33. The SMILES string of the molecule is CN(Cc1c(F)cccc1F)c1ccccc1SN(C=O)Cc1cc(=O)[nH]c2ccccc12. The van der Waals surface area contributed by atoms with E-state index >= 15 is 0 Å². The molecule has 4 aromatic rings. The zero-order valence-electron chi connectivity index (χ0n) is 17.8. The Labute approximate surface area is 193 Å². The number of nitrogens with zero attached hydrogens (tertiary/aromatic N) is 2. The topological polar surface area (TPSA) is 56.4 Å². The quantitative estimate of drug-likeness (QED) is 0.290. The van der Waals surface area contributed by atoms with Crippen LogP contribution in [0.3, 0.4) is 0 Å². The zero-order chi connectivity index (χ0) is 23.4. The van der Waals surface area contributed by atoms with E-state index in [9.17, 15) is 18.4 Å². The van der Waals surface area contributed by atoms with Crippen molar-refractivity contribution in [1.82, 2.24) is 9.29 Å². The van der Waals surface area contributed by atoms with Crippen LogP contribution >= 0.6 is 11.9 Å². The molecule has 0 unspecified atom stereocenters. The van der Waals surface area contributed by atoms with Crippen LogP contribution in [0.1, 0.15) is 11.1 Å². The lowest BCUT2D eigenvalue weighted by Crippen LogP contribution is -2.20. The van der Waals surface area contributed by atoms with Crippen molar-refractivity contribution in [3.63, 3.8) is 0 Å². The standard InChI is InChI=1S/C25H21F2N3O2S/c1-29(15-19-20(26)8-6-9-21(19)27)23-11-4-5-12-24(23)33-30(16-31)14-17-13-25(32)28-22-10-3-2-7-18(17)22/h2-13,16H,14-15H2,1H3,(H,28,32). The van der Waals surface area contributed by atoms with Crippen molar-refractivity contribution < 1.29 is 13.6 Å². The zero-order valence-corrected chi connectivity index (χ0v) is 18.6. The summed E-state index contributed by atoms with van der Waals surface area (Å²) in [6.45, 7) is 0.231. The van der Waals surface area contributed by atoms with Gasteiger partial charge in [-0.1, -0.05) is 36.4 Å². The van der Waals surface area contributed by atoms with Crippen molar-refractivity contribution in [2.24, 2.45) is 0 Å². The van der Waals surface area contributed by atoms with Gasteiger partial charge in [-0.15, -0.1) is 0 Å². The third kappa shape index (κ3) is 5.06. The summed E-state index contributed by atoms with van der Waals surface area (Å²) in [5.74, 6) is -1.22. The normalized spacial score (nSPS) is 10.9. The van der Waals surface area contributed by atoms with E-state index in [-0.39, 0.29) is 24.2 Å². The van der Waals surface area contributed by atoms with Gasteiger partial charge >= 0.3 is 0 Å². The van der Waals surface area contributed by atoms with Gasteiger partial charge in [-0.2, -0.15) is 0 Å². The number of hydrogen-bond acceptors (Lipinski definition) is 4. The number of anilines is 1. The molecule has 5 nitrogen and oxygen atoms in total. The highest BCUT2D eigenvalue weighted by Gasteiger charge is 2.16. The van der Waals surface area contributed by atoms with E-state index in [2.05, 4.69) is 4.98 Å². The van der Waals surface area contributed by atoms with E-state index in [1.165, 1.54) is 40.5 Å². The van der Waals surface area contributed by atoms with E-state index in [4.69, 9.17) is 0 Å². The summed E-state index contributed by atoms with van der Waals surface area (Å²) < 4.78 is 29.8. The molecule has 0 bridgehead atoms. The van der Waals surface area contributed by atoms with Crippen molar-refractivity contribution in [3.8, 4) is 0 Å². The number of hydrogen-bond donors (Lipinski definition) is 1. The van der Waals surface area contributed by atoms with E-state index in [0.29, 0.717) is 23.2 Å². The third-order valence-electron chi connectivity index (χ3n) is 5.23.